The van der Waals surface area contributed by atoms with Gasteiger partial charge in [0.1, 0.15) is 5.56 Å². The zero-order valence-corrected chi connectivity index (χ0v) is 11.9. The molecule has 0 saturated heterocycles. The van der Waals surface area contributed by atoms with Crippen LogP contribution < -0.4 is 5.73 Å². The molecule has 0 fully saturated rings. The van der Waals surface area contributed by atoms with E-state index in [2.05, 4.69) is 31.2 Å². The molecule has 1 aromatic carbocycles. The Hall–Kier alpha value is -2.16. The normalized spacial score (nSPS) is 12.0. The van der Waals surface area contributed by atoms with E-state index in [1.165, 1.54) is 0 Å². The minimum absolute atomic E-state index is 0.133. The van der Waals surface area contributed by atoms with E-state index in [1.807, 2.05) is 0 Å². The number of hydrogen-bond donors (Lipinski definition) is 1. The van der Waals surface area contributed by atoms with Crippen LogP contribution in [0.3, 0.4) is 0 Å². The molecule has 0 aliphatic carbocycles. The molecule has 5 nitrogen and oxygen atoms in total. The van der Waals surface area contributed by atoms with Gasteiger partial charge in [0.25, 0.3) is 0 Å². The molecule has 0 radical (unpaired) electrons. The highest BCUT2D eigenvalue weighted by Crippen LogP contribution is 2.34. The van der Waals surface area contributed by atoms with Crippen molar-refractivity contribution in [2.24, 2.45) is 0 Å². The van der Waals surface area contributed by atoms with Gasteiger partial charge in [0, 0.05) is 10.0 Å². The third kappa shape index (κ3) is 2.44. The Balaban J connectivity index is 2.29. The van der Waals surface area contributed by atoms with Gasteiger partial charge in [-0.05, 0) is 18.2 Å². The lowest BCUT2D eigenvalue weighted by Crippen LogP contribution is -2.11. The van der Waals surface area contributed by atoms with Crippen LogP contribution in [-0.2, 0) is 6.18 Å². The zero-order valence-electron chi connectivity index (χ0n) is 10.3. The quantitative estimate of drug-likeness (QED) is 0.726. The molecule has 3 aromatic rings. The van der Waals surface area contributed by atoms with E-state index in [9.17, 15) is 13.2 Å². The number of fused-ring (bicyclic) bond motifs is 1. The summed E-state index contributed by atoms with van der Waals surface area (Å²) in [4.78, 5) is 0. The SMILES string of the molecule is Nc1nnc2c(C(F)(F)F)cc(-c3ccc(Br)cc3)nn12. The predicted octanol–water partition coefficient (Wildman–Crippen LogP) is 3.15. The van der Waals surface area contributed by atoms with E-state index in [1.54, 1.807) is 24.3 Å². The zero-order chi connectivity index (χ0) is 15.2. The van der Waals surface area contributed by atoms with Gasteiger partial charge < -0.3 is 5.73 Å². The van der Waals surface area contributed by atoms with Gasteiger partial charge in [-0.25, -0.2) is 0 Å². The van der Waals surface area contributed by atoms with Gasteiger partial charge in [-0.1, -0.05) is 28.1 Å². The first kappa shape index (κ1) is 13.8. The Morgan fingerprint density at radius 2 is 1.76 bits per heavy atom. The largest absolute Gasteiger partial charge is 0.420 e. The van der Waals surface area contributed by atoms with E-state index in [0.29, 0.717) is 5.56 Å². The standard InChI is InChI=1S/C12H7BrF3N5/c13-7-3-1-6(2-4-7)9-5-8(12(14,15)16)10-18-19-11(17)21(10)20-9/h1-5H,(H2,17,19). The van der Waals surface area contributed by atoms with Crippen molar-refractivity contribution in [3.63, 3.8) is 0 Å². The van der Waals surface area contributed by atoms with Gasteiger partial charge in [-0.2, -0.15) is 22.8 Å². The number of nitrogens with zero attached hydrogens (tertiary/aromatic N) is 4. The lowest BCUT2D eigenvalue weighted by atomic mass is 10.1. The number of nitrogen functional groups attached to an aromatic ring is 1. The van der Waals surface area contributed by atoms with Crippen molar-refractivity contribution in [3.8, 4) is 11.3 Å². The molecule has 0 amide bonds. The van der Waals surface area contributed by atoms with E-state index in [4.69, 9.17) is 5.73 Å². The first-order chi connectivity index (χ1) is 9.86. The fourth-order valence-electron chi connectivity index (χ4n) is 1.87. The molecule has 0 aliphatic rings. The average molecular weight is 358 g/mol. The molecule has 0 aliphatic heterocycles. The van der Waals surface area contributed by atoms with Gasteiger partial charge in [0.15, 0.2) is 5.65 Å². The van der Waals surface area contributed by atoms with Crippen molar-refractivity contribution in [2.45, 2.75) is 6.18 Å². The van der Waals surface area contributed by atoms with Gasteiger partial charge in [0.2, 0.25) is 5.95 Å². The second-order valence-corrected chi connectivity index (χ2v) is 5.16. The van der Waals surface area contributed by atoms with Crippen LogP contribution in [0.15, 0.2) is 34.8 Å². The maximum absolute atomic E-state index is 13.1. The second kappa shape index (κ2) is 4.69. The van der Waals surface area contributed by atoms with Crippen LogP contribution in [0.5, 0.6) is 0 Å². The monoisotopic (exact) mass is 357 g/mol. The molecule has 2 heterocycles. The van der Waals surface area contributed by atoms with Crippen molar-refractivity contribution >= 4 is 27.5 Å². The summed E-state index contributed by atoms with van der Waals surface area (Å²) in [5, 5.41) is 10.9. The number of aromatic nitrogens is 4. The summed E-state index contributed by atoms with van der Waals surface area (Å²) >= 11 is 3.26. The number of anilines is 1. The van der Waals surface area contributed by atoms with Gasteiger partial charge >= 0.3 is 6.18 Å². The van der Waals surface area contributed by atoms with E-state index in [0.717, 1.165) is 15.1 Å². The summed E-state index contributed by atoms with van der Waals surface area (Å²) in [6, 6.07) is 7.67. The smallest absolute Gasteiger partial charge is 0.366 e. The topological polar surface area (TPSA) is 69.1 Å². The first-order valence-corrected chi connectivity index (χ1v) is 6.50. The summed E-state index contributed by atoms with van der Waals surface area (Å²) in [6.07, 6.45) is -4.58. The van der Waals surface area contributed by atoms with Crippen LogP contribution in [0.2, 0.25) is 0 Å². The van der Waals surface area contributed by atoms with E-state index in [-0.39, 0.29) is 11.6 Å². The van der Waals surface area contributed by atoms with E-state index >= 15 is 0 Å². The van der Waals surface area contributed by atoms with Crippen LogP contribution in [0, 0.1) is 0 Å². The van der Waals surface area contributed by atoms with Gasteiger partial charge in [-0.15, -0.1) is 10.2 Å². The molecular weight excluding hydrogens is 351 g/mol. The maximum Gasteiger partial charge on any atom is 0.420 e. The van der Waals surface area contributed by atoms with Gasteiger partial charge in [0.05, 0.1) is 5.69 Å². The molecule has 21 heavy (non-hydrogen) atoms. The molecule has 0 unspecified atom stereocenters. The lowest BCUT2D eigenvalue weighted by molar-refractivity contribution is -0.136. The highest BCUT2D eigenvalue weighted by molar-refractivity contribution is 9.10. The average Bonchev–Trinajstić information content (AvgIpc) is 2.79. The second-order valence-electron chi connectivity index (χ2n) is 4.24. The highest BCUT2D eigenvalue weighted by atomic mass is 79.9. The van der Waals surface area contributed by atoms with Crippen molar-refractivity contribution < 1.29 is 13.2 Å². The number of halogens is 4. The first-order valence-electron chi connectivity index (χ1n) is 5.71. The fraction of sp³-hybridized carbons (Fsp3) is 0.0833. The number of hydrogen-bond acceptors (Lipinski definition) is 4. The summed E-state index contributed by atoms with van der Waals surface area (Å²) < 4.78 is 41.1. The maximum atomic E-state index is 13.1. The minimum atomic E-state index is -4.58. The Labute approximate surface area is 124 Å². The number of nitrogens with two attached hydrogens (primary N) is 1. The summed E-state index contributed by atoms with van der Waals surface area (Å²) in [7, 11) is 0. The van der Waals surface area contributed by atoms with Crippen molar-refractivity contribution in [3.05, 3.63) is 40.4 Å². The summed E-state index contributed by atoms with van der Waals surface area (Å²) in [6.45, 7) is 0. The third-order valence-electron chi connectivity index (χ3n) is 2.84. The van der Waals surface area contributed by atoms with Crippen LogP contribution in [0.4, 0.5) is 19.1 Å². The lowest BCUT2D eigenvalue weighted by Gasteiger charge is -2.10. The molecule has 0 bridgehead atoms. The van der Waals surface area contributed by atoms with Crippen LogP contribution in [0.1, 0.15) is 5.56 Å². The molecule has 0 saturated carbocycles. The fourth-order valence-corrected chi connectivity index (χ4v) is 2.13. The Morgan fingerprint density at radius 3 is 2.38 bits per heavy atom. The number of rotatable bonds is 1. The molecule has 2 aromatic heterocycles. The molecule has 3 rings (SSSR count). The summed E-state index contributed by atoms with van der Waals surface area (Å²) in [5.41, 5.74) is 4.82. The minimum Gasteiger partial charge on any atom is -0.366 e. The third-order valence-corrected chi connectivity index (χ3v) is 3.37. The van der Waals surface area contributed by atoms with Crippen LogP contribution in [0.25, 0.3) is 16.9 Å². The Kier molecular flexibility index (Phi) is 3.08. The molecule has 0 spiro atoms. The van der Waals surface area contributed by atoms with Crippen molar-refractivity contribution in [1.29, 1.82) is 0 Å². The molecule has 2 N–H and O–H groups in total. The van der Waals surface area contributed by atoms with E-state index < -0.39 is 17.4 Å². The van der Waals surface area contributed by atoms with Crippen molar-refractivity contribution in [1.82, 2.24) is 19.8 Å². The molecule has 0 atom stereocenters. The Morgan fingerprint density at radius 1 is 1.10 bits per heavy atom. The van der Waals surface area contributed by atoms with Crippen LogP contribution in [-0.4, -0.2) is 19.8 Å². The highest BCUT2D eigenvalue weighted by Gasteiger charge is 2.35. The van der Waals surface area contributed by atoms with Gasteiger partial charge in [-0.3, -0.25) is 0 Å². The molecular formula is C12H7BrF3N5. The Bertz CT molecular complexity index is 810. The molecule has 108 valence electrons. The number of alkyl halides is 3. The van der Waals surface area contributed by atoms with Crippen LogP contribution >= 0.6 is 15.9 Å². The molecule has 9 heteroatoms. The predicted molar refractivity (Wildman–Crippen MR) is 73.3 cm³/mol. The summed E-state index contributed by atoms with van der Waals surface area (Å²) in [5.74, 6) is -0.200. The van der Waals surface area contributed by atoms with Crippen molar-refractivity contribution in [2.75, 3.05) is 5.73 Å². The number of benzene rings is 1.